The third-order valence-corrected chi connectivity index (χ3v) is 5.76. The highest BCUT2D eigenvalue weighted by Gasteiger charge is 2.53. The van der Waals surface area contributed by atoms with Crippen LogP contribution < -0.4 is 20.4 Å². The summed E-state index contributed by atoms with van der Waals surface area (Å²) in [5.74, 6) is -0.0305. The number of carbonyl (C=O) groups excluding carboxylic acids is 2. The highest BCUT2D eigenvalue weighted by Crippen LogP contribution is 2.26. The number of guanidine groups is 1. The van der Waals surface area contributed by atoms with E-state index in [-0.39, 0.29) is 22.1 Å². The van der Waals surface area contributed by atoms with Gasteiger partial charge in [0.25, 0.3) is 11.5 Å². The molecular weight excluding hydrogens is 464 g/mol. The van der Waals surface area contributed by atoms with E-state index in [2.05, 4.69) is 20.2 Å². The fraction of sp³-hybridized carbons (Fsp3) is 0.250. The zero-order valence-electron chi connectivity index (χ0n) is 18.6. The van der Waals surface area contributed by atoms with Crippen molar-refractivity contribution < 1.29 is 19.4 Å². The number of nitrogens with zero attached hydrogens (tertiary/aromatic N) is 6. The zero-order chi connectivity index (χ0) is 24.7. The van der Waals surface area contributed by atoms with Gasteiger partial charge in [0.1, 0.15) is 11.3 Å². The number of H-pyrrole nitrogens is 1. The zero-order valence-corrected chi connectivity index (χ0v) is 19.5. The van der Waals surface area contributed by atoms with E-state index in [4.69, 9.17) is 17.0 Å². The molecule has 2 aliphatic heterocycles. The number of hydrogen-bond acceptors (Lipinski definition) is 9. The van der Waals surface area contributed by atoms with Gasteiger partial charge in [0, 0.05) is 14.1 Å². The molecule has 0 radical (unpaired) electrons. The average molecular weight is 486 g/mol. The predicted octanol–water partition coefficient (Wildman–Crippen LogP) is -0.808. The maximum Gasteiger partial charge on any atom is 0.421 e. The number of aromatic nitrogens is 2. The number of urea groups is 1. The molecule has 0 aliphatic carbocycles. The van der Waals surface area contributed by atoms with E-state index in [1.807, 2.05) is 0 Å². The molecule has 0 saturated carbocycles. The van der Waals surface area contributed by atoms with Crippen LogP contribution in [-0.2, 0) is 4.79 Å². The summed E-state index contributed by atoms with van der Waals surface area (Å²) < 4.78 is 10.8. The first-order chi connectivity index (χ1) is 16.2. The Morgan fingerprint density at radius 2 is 1.91 bits per heavy atom. The smallest absolute Gasteiger partial charge is 0.421 e. The molecule has 34 heavy (non-hydrogen) atoms. The number of aromatic hydroxyl groups is 1. The van der Waals surface area contributed by atoms with Crippen molar-refractivity contribution in [1.29, 1.82) is 0 Å². The van der Waals surface area contributed by atoms with Gasteiger partial charge in [-0.15, -0.1) is 5.10 Å². The molecular formula is C20H21N8O5S+. The Labute approximate surface area is 197 Å². The standard InChI is InChI=1S/C20H20N8O5S/c1-25-13-14(26(2)20(32)27(3)17(13)31)22-18(25)24-21-9-10-15(29)23-19(34)28(16(10)30)11-7-5-6-8-12(11)33-4/h5-9,13H,1-4H3,(H2,21,23,29,30,34)/p+1. The van der Waals surface area contributed by atoms with Gasteiger partial charge >= 0.3 is 17.8 Å². The molecule has 2 aromatic rings. The average Bonchev–Trinajstić information content (AvgIpc) is 3.14. The van der Waals surface area contributed by atoms with Gasteiger partial charge in [-0.05, 0) is 24.4 Å². The highest BCUT2D eigenvalue weighted by molar-refractivity contribution is 7.71. The molecule has 14 heteroatoms. The maximum atomic E-state index is 12.5. The quantitative estimate of drug-likeness (QED) is 0.220. The van der Waals surface area contributed by atoms with E-state index in [9.17, 15) is 19.5 Å². The molecule has 3 amide bonds. The summed E-state index contributed by atoms with van der Waals surface area (Å²) in [5.41, 5.74) is 2.23. The number of methoxy groups -OCH3 is 1. The number of fused-ring (bicyclic) bond motifs is 1. The molecule has 1 saturated heterocycles. The van der Waals surface area contributed by atoms with E-state index in [1.165, 1.54) is 35.6 Å². The van der Waals surface area contributed by atoms with Crippen LogP contribution in [0.1, 0.15) is 5.56 Å². The van der Waals surface area contributed by atoms with E-state index >= 15 is 0 Å². The monoisotopic (exact) mass is 485 g/mol. The summed E-state index contributed by atoms with van der Waals surface area (Å²) in [6.07, 6.45) is 1.10. The summed E-state index contributed by atoms with van der Waals surface area (Å²) in [6.45, 7) is 0. The van der Waals surface area contributed by atoms with Crippen LogP contribution in [0.25, 0.3) is 5.69 Å². The Morgan fingerprint density at radius 1 is 1.21 bits per heavy atom. The van der Waals surface area contributed by atoms with E-state index in [1.54, 1.807) is 31.3 Å². The number of hydrogen-bond donors (Lipinski definition) is 3. The van der Waals surface area contributed by atoms with Gasteiger partial charge in [-0.3, -0.25) is 24.0 Å². The summed E-state index contributed by atoms with van der Waals surface area (Å²) >= 11 is 5.23. The van der Waals surface area contributed by atoms with Gasteiger partial charge in [0.15, 0.2) is 4.77 Å². The lowest BCUT2D eigenvalue weighted by Crippen LogP contribution is -2.63. The van der Waals surface area contributed by atoms with E-state index < -0.39 is 29.4 Å². The third kappa shape index (κ3) is 3.50. The molecule has 1 atom stereocenters. The van der Waals surface area contributed by atoms with E-state index in [0.29, 0.717) is 11.4 Å². The minimum Gasteiger partial charge on any atom is -0.495 e. The topological polar surface area (TPSA) is 150 Å². The summed E-state index contributed by atoms with van der Waals surface area (Å²) in [6, 6.07) is 5.53. The lowest BCUT2D eigenvalue weighted by atomic mass is 10.1. The van der Waals surface area contributed by atoms with Crippen molar-refractivity contribution in [3.8, 4) is 17.3 Å². The molecule has 13 nitrogen and oxygen atoms in total. The van der Waals surface area contributed by atoms with Crippen molar-refractivity contribution in [3.05, 3.63) is 45.0 Å². The van der Waals surface area contributed by atoms with Gasteiger partial charge in [-0.25, -0.2) is 19.3 Å². The number of nitrogens with one attached hydrogen (secondary N) is 2. The van der Waals surface area contributed by atoms with Crippen molar-refractivity contribution in [2.45, 2.75) is 6.04 Å². The fourth-order valence-corrected chi connectivity index (χ4v) is 3.91. The molecule has 3 heterocycles. The molecule has 3 N–H and O–H groups in total. The number of likely N-dealkylation sites (N-methyl/N-ethyl adjacent to an activating group) is 3. The number of carbonyl (C=O) groups is 2. The molecule has 4 rings (SSSR count). The van der Waals surface area contributed by atoms with Crippen LogP contribution in [0.5, 0.6) is 11.6 Å². The first-order valence-corrected chi connectivity index (χ1v) is 10.3. The number of benzene rings is 1. The number of amidine groups is 1. The van der Waals surface area contributed by atoms with Crippen LogP contribution in [0.15, 0.2) is 34.2 Å². The molecule has 1 unspecified atom stereocenters. The second-order valence-corrected chi connectivity index (χ2v) is 7.81. The number of para-hydroxylation sites is 2. The van der Waals surface area contributed by atoms with Gasteiger partial charge in [-0.1, -0.05) is 12.1 Å². The maximum absolute atomic E-state index is 12.5. The molecule has 1 fully saturated rings. The Morgan fingerprint density at radius 3 is 2.62 bits per heavy atom. The summed E-state index contributed by atoms with van der Waals surface area (Å²) in [4.78, 5) is 43.5. The SMILES string of the molecule is COc1ccccc1-n1c(O)c(/C=N/NC2=[N+]=C3C(C(=O)N(C)C(=O)N3C)N2C)c(=O)[nH]c1=S. The Bertz CT molecular complexity index is 1420. The van der Waals surface area contributed by atoms with Crippen LogP contribution in [0.2, 0.25) is 0 Å². The fourth-order valence-electron chi connectivity index (χ4n) is 3.63. The Balaban J connectivity index is 1.68. The van der Waals surface area contributed by atoms with Crippen molar-refractivity contribution >= 4 is 42.2 Å². The Hall–Kier alpha value is -4.42. The number of amides is 3. The van der Waals surface area contributed by atoms with Crippen molar-refractivity contribution in [1.82, 2.24) is 34.3 Å². The molecule has 1 aromatic carbocycles. The van der Waals surface area contributed by atoms with Crippen molar-refractivity contribution in [2.75, 3.05) is 28.3 Å². The van der Waals surface area contributed by atoms with Crippen LogP contribution >= 0.6 is 12.2 Å². The van der Waals surface area contributed by atoms with E-state index in [0.717, 1.165) is 11.1 Å². The van der Waals surface area contributed by atoms with Gasteiger partial charge in [0.2, 0.25) is 11.9 Å². The van der Waals surface area contributed by atoms with Crippen LogP contribution in [-0.4, -0.2) is 93.6 Å². The third-order valence-electron chi connectivity index (χ3n) is 5.47. The predicted molar refractivity (Wildman–Crippen MR) is 126 cm³/mol. The molecule has 1 aromatic heterocycles. The van der Waals surface area contributed by atoms with Gasteiger partial charge in [-0.2, -0.15) is 5.43 Å². The molecule has 0 spiro atoms. The molecule has 0 bridgehead atoms. The highest BCUT2D eigenvalue weighted by atomic mass is 32.1. The van der Waals surface area contributed by atoms with Crippen molar-refractivity contribution in [2.24, 2.45) is 5.10 Å². The number of hydrazone groups is 1. The van der Waals surface area contributed by atoms with Gasteiger partial charge in [0.05, 0.1) is 26.1 Å². The molecule has 176 valence electrons. The second-order valence-electron chi connectivity index (χ2n) is 7.42. The first kappa shape index (κ1) is 22.8. The largest absolute Gasteiger partial charge is 0.495 e. The minimum atomic E-state index is -0.797. The number of ether oxygens (including phenoxy) is 1. The second kappa shape index (κ2) is 8.50. The Kier molecular flexibility index (Phi) is 5.69. The molecule has 2 aliphatic rings. The number of rotatable bonds is 4. The van der Waals surface area contributed by atoms with Crippen LogP contribution in [0, 0.1) is 4.77 Å². The lowest BCUT2D eigenvalue weighted by molar-refractivity contribution is -0.130. The first-order valence-electron chi connectivity index (χ1n) is 9.91. The summed E-state index contributed by atoms with van der Waals surface area (Å²) in [7, 11) is 5.99. The van der Waals surface area contributed by atoms with Crippen LogP contribution in [0.4, 0.5) is 4.79 Å². The normalized spacial score (nSPS) is 17.8. The van der Waals surface area contributed by atoms with Gasteiger partial charge < -0.3 is 9.84 Å². The number of aromatic amines is 1. The van der Waals surface area contributed by atoms with Crippen molar-refractivity contribution in [3.63, 3.8) is 0 Å². The minimum absolute atomic E-state index is 0.0344. The van der Waals surface area contributed by atoms with Crippen LogP contribution in [0.3, 0.4) is 0 Å². The lowest BCUT2D eigenvalue weighted by Gasteiger charge is -2.30. The summed E-state index contributed by atoms with van der Waals surface area (Å²) in [5, 5.41) is 14.8. The number of imide groups is 1.